The number of halogens is 1. The van der Waals surface area contributed by atoms with Gasteiger partial charge in [-0.05, 0) is 24.3 Å². The van der Waals surface area contributed by atoms with E-state index in [0.29, 0.717) is 23.0 Å². The topological polar surface area (TPSA) is 75.6 Å². The maximum absolute atomic E-state index is 8.84. The second kappa shape index (κ2) is 5.23. The van der Waals surface area contributed by atoms with Crippen LogP contribution in [0.25, 0.3) is 22.8 Å². The van der Waals surface area contributed by atoms with Crippen LogP contribution >= 0.6 is 15.9 Å². The van der Waals surface area contributed by atoms with E-state index in [1.54, 1.807) is 12.1 Å². The predicted molar refractivity (Wildman–Crippen MR) is 75.4 cm³/mol. The molecule has 0 bridgehead atoms. The molecule has 0 aliphatic rings. The first kappa shape index (κ1) is 12.5. The van der Waals surface area contributed by atoms with Gasteiger partial charge in [0.25, 0.3) is 5.89 Å². The molecule has 20 heavy (non-hydrogen) atoms. The molecular formula is C14H7BrN4O. The monoisotopic (exact) mass is 326 g/mol. The quantitative estimate of drug-likeness (QED) is 0.721. The molecule has 2 heterocycles. The number of pyridine rings is 1. The molecule has 0 aliphatic carbocycles. The Balaban J connectivity index is 2.00. The molecule has 3 aromatic rings. The summed E-state index contributed by atoms with van der Waals surface area (Å²) in [6.45, 7) is 0. The van der Waals surface area contributed by atoms with E-state index in [2.05, 4.69) is 31.1 Å². The van der Waals surface area contributed by atoms with Crippen LogP contribution in [0.15, 0.2) is 51.6 Å². The summed E-state index contributed by atoms with van der Waals surface area (Å²) < 4.78 is 6.17. The van der Waals surface area contributed by atoms with Gasteiger partial charge in [0.05, 0.1) is 0 Å². The summed E-state index contributed by atoms with van der Waals surface area (Å²) in [5.74, 6) is 0.857. The van der Waals surface area contributed by atoms with E-state index in [4.69, 9.17) is 9.78 Å². The molecule has 0 atom stereocenters. The van der Waals surface area contributed by atoms with Crippen LogP contribution in [0.5, 0.6) is 0 Å². The molecule has 0 saturated heterocycles. The Labute approximate surface area is 123 Å². The molecule has 2 aromatic heterocycles. The van der Waals surface area contributed by atoms with Crippen LogP contribution in [-0.2, 0) is 0 Å². The summed E-state index contributed by atoms with van der Waals surface area (Å²) >= 11 is 3.40. The van der Waals surface area contributed by atoms with E-state index in [9.17, 15) is 0 Å². The van der Waals surface area contributed by atoms with Gasteiger partial charge in [0.1, 0.15) is 11.8 Å². The Morgan fingerprint density at radius 3 is 2.85 bits per heavy atom. The number of hydrogen-bond donors (Lipinski definition) is 0. The molecule has 0 aliphatic heterocycles. The van der Waals surface area contributed by atoms with Crippen molar-refractivity contribution in [1.29, 1.82) is 5.26 Å². The number of aromatic nitrogens is 3. The lowest BCUT2D eigenvalue weighted by Gasteiger charge is -1.94. The van der Waals surface area contributed by atoms with Gasteiger partial charge in [-0.15, -0.1) is 0 Å². The molecule has 0 radical (unpaired) electrons. The highest BCUT2D eigenvalue weighted by atomic mass is 79.9. The Morgan fingerprint density at radius 1 is 1.15 bits per heavy atom. The Morgan fingerprint density at radius 2 is 2.05 bits per heavy atom. The zero-order chi connectivity index (χ0) is 13.9. The third kappa shape index (κ3) is 2.44. The van der Waals surface area contributed by atoms with Gasteiger partial charge in [-0.1, -0.05) is 33.2 Å². The van der Waals surface area contributed by atoms with Crippen LogP contribution in [-0.4, -0.2) is 15.1 Å². The van der Waals surface area contributed by atoms with Crippen molar-refractivity contribution in [3.05, 3.63) is 52.8 Å². The van der Waals surface area contributed by atoms with Crippen LogP contribution in [0.3, 0.4) is 0 Å². The van der Waals surface area contributed by atoms with Gasteiger partial charge < -0.3 is 4.52 Å². The standard InChI is InChI=1S/C14H7BrN4O/c15-11-3-1-2-9(6-11)13-18-14(20-19-13)10-4-5-17-12(7-10)8-16/h1-7H. The Hall–Kier alpha value is -2.52. The maximum atomic E-state index is 8.84. The molecule has 0 amide bonds. The fourth-order valence-electron chi connectivity index (χ4n) is 1.71. The molecule has 0 saturated carbocycles. The smallest absolute Gasteiger partial charge is 0.258 e. The summed E-state index contributed by atoms with van der Waals surface area (Å²) in [5, 5.41) is 12.8. The van der Waals surface area contributed by atoms with Gasteiger partial charge in [0.2, 0.25) is 5.82 Å². The van der Waals surface area contributed by atoms with E-state index in [-0.39, 0.29) is 0 Å². The zero-order valence-electron chi connectivity index (χ0n) is 10.1. The SMILES string of the molecule is N#Cc1cc(-c2nc(-c3cccc(Br)c3)no2)ccn1. The van der Waals surface area contributed by atoms with Crippen LogP contribution in [0.1, 0.15) is 5.69 Å². The lowest BCUT2D eigenvalue weighted by molar-refractivity contribution is 0.432. The van der Waals surface area contributed by atoms with Gasteiger partial charge in [-0.2, -0.15) is 10.2 Å². The van der Waals surface area contributed by atoms with Gasteiger partial charge in [0, 0.05) is 21.8 Å². The molecule has 5 nitrogen and oxygen atoms in total. The minimum Gasteiger partial charge on any atom is -0.334 e. The van der Waals surface area contributed by atoms with Crippen LogP contribution in [0.2, 0.25) is 0 Å². The molecule has 6 heteroatoms. The molecule has 3 rings (SSSR count). The van der Waals surface area contributed by atoms with Crippen LogP contribution in [0, 0.1) is 11.3 Å². The minimum atomic E-state index is 0.310. The first-order chi connectivity index (χ1) is 9.76. The Bertz CT molecular complexity index is 807. The van der Waals surface area contributed by atoms with Crippen molar-refractivity contribution in [2.24, 2.45) is 0 Å². The van der Waals surface area contributed by atoms with Crippen LogP contribution in [0.4, 0.5) is 0 Å². The lowest BCUT2D eigenvalue weighted by Crippen LogP contribution is -1.84. The highest BCUT2D eigenvalue weighted by Gasteiger charge is 2.11. The van der Waals surface area contributed by atoms with E-state index >= 15 is 0 Å². The summed E-state index contributed by atoms with van der Waals surface area (Å²) in [4.78, 5) is 8.23. The van der Waals surface area contributed by atoms with Gasteiger partial charge in [0.15, 0.2) is 0 Å². The third-order valence-corrected chi connectivity index (χ3v) is 3.12. The predicted octanol–water partition coefficient (Wildman–Crippen LogP) is 3.43. The van der Waals surface area contributed by atoms with Crippen molar-refractivity contribution >= 4 is 15.9 Å². The van der Waals surface area contributed by atoms with Crippen molar-refractivity contribution in [2.75, 3.05) is 0 Å². The lowest BCUT2D eigenvalue weighted by atomic mass is 10.2. The third-order valence-electron chi connectivity index (χ3n) is 2.63. The highest BCUT2D eigenvalue weighted by Crippen LogP contribution is 2.24. The van der Waals surface area contributed by atoms with Crippen LogP contribution < -0.4 is 0 Å². The fraction of sp³-hybridized carbons (Fsp3) is 0. The van der Waals surface area contributed by atoms with Gasteiger partial charge in [-0.3, -0.25) is 0 Å². The Kier molecular flexibility index (Phi) is 3.27. The number of nitrogens with zero attached hydrogens (tertiary/aromatic N) is 4. The van der Waals surface area contributed by atoms with Crippen molar-refractivity contribution in [3.8, 4) is 28.9 Å². The van der Waals surface area contributed by atoms with Crippen molar-refractivity contribution in [2.45, 2.75) is 0 Å². The number of rotatable bonds is 2. The fourth-order valence-corrected chi connectivity index (χ4v) is 2.11. The summed E-state index contributed by atoms with van der Waals surface area (Å²) in [6.07, 6.45) is 1.54. The largest absolute Gasteiger partial charge is 0.334 e. The minimum absolute atomic E-state index is 0.310. The molecular weight excluding hydrogens is 320 g/mol. The second-order valence-electron chi connectivity index (χ2n) is 3.98. The number of hydrogen-bond acceptors (Lipinski definition) is 5. The number of benzene rings is 1. The normalized spacial score (nSPS) is 10.2. The first-order valence-corrected chi connectivity index (χ1v) is 6.52. The highest BCUT2D eigenvalue weighted by molar-refractivity contribution is 9.10. The van der Waals surface area contributed by atoms with Crippen molar-refractivity contribution in [1.82, 2.24) is 15.1 Å². The van der Waals surface area contributed by atoms with Crippen molar-refractivity contribution < 1.29 is 4.52 Å². The second-order valence-corrected chi connectivity index (χ2v) is 4.89. The molecule has 0 N–H and O–H groups in total. The zero-order valence-corrected chi connectivity index (χ0v) is 11.7. The van der Waals surface area contributed by atoms with Gasteiger partial charge in [-0.25, -0.2) is 4.98 Å². The van der Waals surface area contributed by atoms with Crippen molar-refractivity contribution in [3.63, 3.8) is 0 Å². The maximum Gasteiger partial charge on any atom is 0.258 e. The van der Waals surface area contributed by atoms with E-state index < -0.39 is 0 Å². The summed E-state index contributed by atoms with van der Waals surface area (Å²) in [7, 11) is 0. The molecule has 0 unspecified atom stereocenters. The molecule has 96 valence electrons. The van der Waals surface area contributed by atoms with E-state index in [1.807, 2.05) is 30.3 Å². The first-order valence-electron chi connectivity index (χ1n) is 5.72. The average molecular weight is 327 g/mol. The molecule has 0 fully saturated rings. The number of nitriles is 1. The van der Waals surface area contributed by atoms with Gasteiger partial charge >= 0.3 is 0 Å². The summed E-state index contributed by atoms with van der Waals surface area (Å²) in [5.41, 5.74) is 1.83. The summed E-state index contributed by atoms with van der Waals surface area (Å²) in [6, 6.07) is 12.9. The molecule has 1 aromatic carbocycles. The molecule has 0 spiro atoms. The average Bonchev–Trinajstić information content (AvgIpc) is 2.97. The van der Waals surface area contributed by atoms with E-state index in [0.717, 1.165) is 10.0 Å². The van der Waals surface area contributed by atoms with E-state index in [1.165, 1.54) is 6.20 Å².